The lowest BCUT2D eigenvalue weighted by molar-refractivity contribution is -0.139. The third kappa shape index (κ3) is 4.31. The molecule has 4 N–H and O–H groups in total. The number of primary amides is 1. The van der Waals surface area contributed by atoms with Crippen molar-refractivity contribution in [3.63, 3.8) is 0 Å². The molecule has 0 saturated carbocycles. The summed E-state index contributed by atoms with van der Waals surface area (Å²) in [7, 11) is 0. The van der Waals surface area contributed by atoms with Crippen molar-refractivity contribution in [1.82, 2.24) is 5.32 Å². The largest absolute Gasteiger partial charge is 0.481 e. The Morgan fingerprint density at radius 1 is 1.21 bits per heavy atom. The van der Waals surface area contributed by atoms with Crippen LogP contribution < -0.4 is 16.0 Å². The molecule has 3 amide bonds. The van der Waals surface area contributed by atoms with Gasteiger partial charge in [-0.05, 0) is 37.1 Å². The molecule has 1 aliphatic rings. The molecule has 0 unspecified atom stereocenters. The smallest absolute Gasteiger partial charge is 0.305 e. The molecule has 2 rings (SSSR count). The number of aliphatic carboxylic acids is 1. The van der Waals surface area contributed by atoms with Gasteiger partial charge in [0.1, 0.15) is 6.04 Å². The van der Waals surface area contributed by atoms with E-state index in [1.54, 1.807) is 17.0 Å². The van der Waals surface area contributed by atoms with E-state index in [0.29, 0.717) is 18.7 Å². The fourth-order valence-electron chi connectivity index (χ4n) is 2.51. The number of carboxylic acids is 1. The number of hydrogen-bond donors (Lipinski definition) is 3. The molecule has 128 valence electrons. The Morgan fingerprint density at radius 3 is 2.42 bits per heavy atom. The first-order valence-corrected chi connectivity index (χ1v) is 7.61. The molecular weight excluding hydrogens is 314 g/mol. The maximum Gasteiger partial charge on any atom is 0.305 e. The van der Waals surface area contributed by atoms with Gasteiger partial charge in [0.05, 0.1) is 6.42 Å². The highest BCUT2D eigenvalue weighted by Gasteiger charge is 2.23. The Labute approximate surface area is 138 Å². The third-order valence-electron chi connectivity index (χ3n) is 3.79. The number of carbonyl (C=O) groups is 4. The molecular formula is C16H19N3O5. The van der Waals surface area contributed by atoms with Gasteiger partial charge in [0.15, 0.2) is 0 Å². The highest BCUT2D eigenvalue weighted by molar-refractivity contribution is 5.99. The van der Waals surface area contributed by atoms with E-state index in [9.17, 15) is 19.2 Å². The zero-order chi connectivity index (χ0) is 17.7. The normalized spacial score (nSPS) is 15.7. The number of piperidine rings is 1. The summed E-state index contributed by atoms with van der Waals surface area (Å²) in [4.78, 5) is 47.5. The average molecular weight is 333 g/mol. The van der Waals surface area contributed by atoms with Crippen LogP contribution in [0.2, 0.25) is 0 Å². The minimum absolute atomic E-state index is 0.0497. The standard InChI is InChI=1S/C16H19N3O5/c17-15(23)12(9-14(21)22)18-16(24)10-4-6-11(7-5-10)19-8-2-1-3-13(19)20/h4-7,12H,1-3,8-9H2,(H2,17,23)(H,18,24)(H,21,22)/t12-/m0/s1. The molecule has 0 spiro atoms. The second-order valence-electron chi connectivity index (χ2n) is 5.58. The molecule has 1 aromatic rings. The summed E-state index contributed by atoms with van der Waals surface area (Å²) in [6.07, 6.45) is 1.75. The molecule has 1 fully saturated rings. The van der Waals surface area contributed by atoms with Crippen molar-refractivity contribution in [2.45, 2.75) is 31.7 Å². The first-order valence-electron chi connectivity index (χ1n) is 7.61. The number of benzene rings is 1. The number of carboxylic acid groups (broad SMARTS) is 1. The number of amides is 3. The molecule has 1 saturated heterocycles. The van der Waals surface area contributed by atoms with E-state index in [2.05, 4.69) is 5.32 Å². The Kier molecular flexibility index (Phi) is 5.51. The number of anilines is 1. The SMILES string of the molecule is NC(=O)[C@H](CC(=O)O)NC(=O)c1ccc(N2CCCCC2=O)cc1. The van der Waals surface area contributed by atoms with Crippen LogP contribution in [0.3, 0.4) is 0 Å². The van der Waals surface area contributed by atoms with Crippen LogP contribution in [-0.2, 0) is 14.4 Å². The monoisotopic (exact) mass is 333 g/mol. The predicted molar refractivity (Wildman–Crippen MR) is 85.3 cm³/mol. The Morgan fingerprint density at radius 2 is 1.88 bits per heavy atom. The second-order valence-corrected chi connectivity index (χ2v) is 5.58. The number of nitrogens with one attached hydrogen (secondary N) is 1. The van der Waals surface area contributed by atoms with Gasteiger partial charge >= 0.3 is 5.97 Å². The van der Waals surface area contributed by atoms with Gasteiger partial charge in [-0.1, -0.05) is 0 Å². The summed E-state index contributed by atoms with van der Waals surface area (Å²) < 4.78 is 0. The minimum Gasteiger partial charge on any atom is -0.481 e. The fourth-order valence-corrected chi connectivity index (χ4v) is 2.51. The Bertz CT molecular complexity index is 656. The van der Waals surface area contributed by atoms with Crippen molar-refractivity contribution >= 4 is 29.4 Å². The average Bonchev–Trinajstić information content (AvgIpc) is 2.54. The van der Waals surface area contributed by atoms with E-state index in [-0.39, 0.29) is 11.5 Å². The van der Waals surface area contributed by atoms with E-state index in [4.69, 9.17) is 10.8 Å². The summed E-state index contributed by atoms with van der Waals surface area (Å²) >= 11 is 0. The highest BCUT2D eigenvalue weighted by Crippen LogP contribution is 2.21. The lowest BCUT2D eigenvalue weighted by atomic mass is 10.1. The lowest BCUT2D eigenvalue weighted by Gasteiger charge is -2.26. The zero-order valence-electron chi connectivity index (χ0n) is 13.0. The minimum atomic E-state index is -1.28. The molecule has 0 aliphatic carbocycles. The van der Waals surface area contributed by atoms with Crippen LogP contribution in [0.1, 0.15) is 36.0 Å². The fraction of sp³-hybridized carbons (Fsp3) is 0.375. The molecule has 0 bridgehead atoms. The number of carbonyl (C=O) groups excluding carboxylic acids is 3. The maximum atomic E-state index is 12.1. The summed E-state index contributed by atoms with van der Waals surface area (Å²) in [5.74, 6) is -2.70. The Balaban J connectivity index is 2.06. The van der Waals surface area contributed by atoms with Gasteiger partial charge in [0.2, 0.25) is 11.8 Å². The first-order chi connectivity index (χ1) is 11.4. The van der Waals surface area contributed by atoms with Crippen molar-refractivity contribution in [3.05, 3.63) is 29.8 Å². The molecule has 1 atom stereocenters. The highest BCUT2D eigenvalue weighted by atomic mass is 16.4. The van der Waals surface area contributed by atoms with Gasteiger partial charge in [-0.2, -0.15) is 0 Å². The Hall–Kier alpha value is -2.90. The molecule has 24 heavy (non-hydrogen) atoms. The van der Waals surface area contributed by atoms with Gasteiger partial charge in [0.25, 0.3) is 5.91 Å². The first kappa shape index (κ1) is 17.5. The number of hydrogen-bond acceptors (Lipinski definition) is 4. The van der Waals surface area contributed by atoms with E-state index in [0.717, 1.165) is 12.8 Å². The summed E-state index contributed by atoms with van der Waals surface area (Å²) in [5.41, 5.74) is 6.04. The quantitative estimate of drug-likeness (QED) is 0.687. The van der Waals surface area contributed by atoms with Crippen LogP contribution in [-0.4, -0.2) is 41.4 Å². The maximum absolute atomic E-state index is 12.1. The van der Waals surface area contributed by atoms with Gasteiger partial charge in [-0.3, -0.25) is 19.2 Å². The van der Waals surface area contributed by atoms with Gasteiger partial charge in [-0.15, -0.1) is 0 Å². The number of rotatable bonds is 6. The van der Waals surface area contributed by atoms with Crippen molar-refractivity contribution in [1.29, 1.82) is 0 Å². The second kappa shape index (κ2) is 7.58. The summed E-state index contributed by atoms with van der Waals surface area (Å²) in [6.45, 7) is 0.646. The lowest BCUT2D eigenvalue weighted by Crippen LogP contribution is -2.45. The molecule has 8 nitrogen and oxygen atoms in total. The van der Waals surface area contributed by atoms with Crippen molar-refractivity contribution in [3.8, 4) is 0 Å². The van der Waals surface area contributed by atoms with Crippen LogP contribution in [0, 0.1) is 0 Å². The molecule has 8 heteroatoms. The summed E-state index contributed by atoms with van der Waals surface area (Å²) in [5, 5.41) is 11.0. The molecule has 1 aromatic carbocycles. The van der Waals surface area contributed by atoms with Crippen molar-refractivity contribution < 1.29 is 24.3 Å². The molecule has 0 radical (unpaired) electrons. The number of nitrogens with two attached hydrogens (primary N) is 1. The zero-order valence-corrected chi connectivity index (χ0v) is 13.0. The molecule has 1 heterocycles. The van der Waals surface area contributed by atoms with Crippen molar-refractivity contribution in [2.75, 3.05) is 11.4 Å². The van der Waals surface area contributed by atoms with E-state index < -0.39 is 30.2 Å². The van der Waals surface area contributed by atoms with Crippen molar-refractivity contribution in [2.24, 2.45) is 5.73 Å². The third-order valence-corrected chi connectivity index (χ3v) is 3.79. The van der Waals surface area contributed by atoms with E-state index in [1.807, 2.05) is 0 Å². The topological polar surface area (TPSA) is 130 Å². The summed E-state index contributed by atoms with van der Waals surface area (Å²) in [6, 6.07) is 5.05. The van der Waals surface area contributed by atoms with Crippen LogP contribution in [0.25, 0.3) is 0 Å². The number of nitrogens with zero attached hydrogens (tertiary/aromatic N) is 1. The van der Waals surface area contributed by atoms with E-state index >= 15 is 0 Å². The van der Waals surface area contributed by atoms with Crippen LogP contribution in [0.4, 0.5) is 5.69 Å². The predicted octanol–water partition coefficient (Wildman–Crippen LogP) is 0.262. The molecule has 0 aromatic heterocycles. The van der Waals surface area contributed by atoms with Gasteiger partial charge in [-0.25, -0.2) is 0 Å². The van der Waals surface area contributed by atoms with Crippen LogP contribution in [0.15, 0.2) is 24.3 Å². The van der Waals surface area contributed by atoms with E-state index in [1.165, 1.54) is 12.1 Å². The molecule has 1 aliphatic heterocycles. The van der Waals surface area contributed by atoms with Gasteiger partial charge in [0, 0.05) is 24.2 Å². The van der Waals surface area contributed by atoms with Crippen LogP contribution in [0.5, 0.6) is 0 Å². The van der Waals surface area contributed by atoms with Gasteiger partial charge < -0.3 is 21.1 Å². The van der Waals surface area contributed by atoms with Crippen LogP contribution >= 0.6 is 0 Å².